The molecule has 0 amide bonds. The molecule has 5 rings (SSSR count). The van der Waals surface area contributed by atoms with Gasteiger partial charge in [0.15, 0.2) is 5.16 Å². The molecule has 0 saturated heterocycles. The summed E-state index contributed by atoms with van der Waals surface area (Å²) in [6, 6.07) is 11.7. The third kappa shape index (κ3) is 2.91. The highest BCUT2D eigenvalue weighted by atomic mass is 32.2. The summed E-state index contributed by atoms with van der Waals surface area (Å²) < 4.78 is 6.89. The maximum Gasteiger partial charge on any atom is 0.267 e. The Bertz CT molecular complexity index is 1190. The first-order valence-electron chi connectivity index (χ1n) is 8.88. The molecule has 0 fully saturated rings. The van der Waals surface area contributed by atoms with E-state index in [0.29, 0.717) is 10.9 Å². The summed E-state index contributed by atoms with van der Waals surface area (Å²) in [5.41, 5.74) is 2.93. The van der Waals surface area contributed by atoms with Gasteiger partial charge in [0.05, 0.1) is 16.8 Å². The zero-order valence-corrected chi connectivity index (χ0v) is 16.4. The van der Waals surface area contributed by atoms with Crippen LogP contribution in [0.25, 0.3) is 15.9 Å². The Hall–Kier alpha value is -2.38. The Kier molecular flexibility index (Phi) is 4.13. The summed E-state index contributed by atoms with van der Waals surface area (Å²) in [5.74, 6) is 1.39. The van der Waals surface area contributed by atoms with Crippen LogP contribution < -0.4 is 5.56 Å². The third-order valence-corrected chi connectivity index (χ3v) is 6.91. The molecule has 3 heterocycles. The first-order valence-corrected chi connectivity index (χ1v) is 10.7. The van der Waals surface area contributed by atoms with Crippen LogP contribution in [0.5, 0.6) is 0 Å². The maximum atomic E-state index is 13.5. The molecule has 0 unspecified atom stereocenters. The van der Waals surface area contributed by atoms with Gasteiger partial charge in [-0.25, -0.2) is 4.98 Å². The summed E-state index contributed by atoms with van der Waals surface area (Å²) >= 11 is 3.19. The van der Waals surface area contributed by atoms with Crippen molar-refractivity contribution in [3.05, 3.63) is 68.6 Å². The maximum absolute atomic E-state index is 13.5. The zero-order valence-electron chi connectivity index (χ0n) is 14.8. The Morgan fingerprint density at radius 3 is 2.89 bits per heavy atom. The summed E-state index contributed by atoms with van der Waals surface area (Å²) in [6.45, 7) is 1.87. The van der Waals surface area contributed by atoms with E-state index >= 15 is 0 Å². The number of hydrogen-bond donors (Lipinski definition) is 0. The van der Waals surface area contributed by atoms with Crippen molar-refractivity contribution in [1.29, 1.82) is 0 Å². The molecule has 0 bridgehead atoms. The Labute approximate surface area is 164 Å². The van der Waals surface area contributed by atoms with Crippen molar-refractivity contribution in [3.63, 3.8) is 0 Å². The molecule has 0 saturated carbocycles. The number of fused-ring (bicyclic) bond motifs is 3. The number of thiophene rings is 1. The number of benzene rings is 1. The molecule has 0 radical (unpaired) electrons. The van der Waals surface area contributed by atoms with Crippen LogP contribution in [0.15, 0.2) is 50.9 Å². The van der Waals surface area contributed by atoms with E-state index in [2.05, 4.69) is 5.16 Å². The molecule has 27 heavy (non-hydrogen) atoms. The Balaban J connectivity index is 1.67. The molecule has 0 atom stereocenters. The van der Waals surface area contributed by atoms with Gasteiger partial charge in [-0.3, -0.25) is 9.36 Å². The molecule has 0 N–H and O–H groups in total. The molecule has 3 aromatic heterocycles. The lowest BCUT2D eigenvalue weighted by Crippen LogP contribution is -2.21. The minimum absolute atomic E-state index is 0.0319. The summed E-state index contributed by atoms with van der Waals surface area (Å²) in [4.78, 5) is 20.5. The topological polar surface area (TPSA) is 60.9 Å². The van der Waals surface area contributed by atoms with Gasteiger partial charge in [-0.2, -0.15) is 0 Å². The van der Waals surface area contributed by atoms with Gasteiger partial charge in [-0.1, -0.05) is 35.1 Å². The highest BCUT2D eigenvalue weighted by Gasteiger charge is 2.24. The fraction of sp³-hybridized carbons (Fsp3) is 0.250. The van der Waals surface area contributed by atoms with E-state index in [-0.39, 0.29) is 5.56 Å². The number of aromatic nitrogens is 3. The number of para-hydroxylation sites is 1. The van der Waals surface area contributed by atoms with E-state index in [1.165, 1.54) is 22.2 Å². The molecule has 0 aliphatic heterocycles. The molecule has 1 aliphatic carbocycles. The Morgan fingerprint density at radius 1 is 1.26 bits per heavy atom. The van der Waals surface area contributed by atoms with Crippen LogP contribution in [0.3, 0.4) is 0 Å². The molecule has 136 valence electrons. The van der Waals surface area contributed by atoms with Crippen LogP contribution in [0.4, 0.5) is 0 Å². The molecular formula is C20H17N3O2S2. The predicted molar refractivity (Wildman–Crippen MR) is 108 cm³/mol. The van der Waals surface area contributed by atoms with Crippen molar-refractivity contribution in [2.24, 2.45) is 0 Å². The minimum atomic E-state index is 0.0319. The van der Waals surface area contributed by atoms with Crippen molar-refractivity contribution < 1.29 is 4.52 Å². The van der Waals surface area contributed by atoms with E-state index in [1.807, 2.05) is 43.3 Å². The molecule has 1 aliphatic rings. The van der Waals surface area contributed by atoms with Gasteiger partial charge in [0.2, 0.25) is 0 Å². The number of nitrogens with zero attached hydrogens (tertiary/aromatic N) is 3. The second-order valence-corrected chi connectivity index (χ2v) is 8.65. The quantitative estimate of drug-likeness (QED) is 0.375. The lowest BCUT2D eigenvalue weighted by molar-refractivity contribution is 0.393. The van der Waals surface area contributed by atoms with Crippen molar-refractivity contribution in [2.75, 3.05) is 0 Å². The highest BCUT2D eigenvalue weighted by Crippen LogP contribution is 2.36. The average molecular weight is 396 g/mol. The standard InChI is InChI=1S/C20H17N3O2S2/c1-12-10-13(22-25-12)11-26-20-21-18-17(15-8-5-9-16(15)27-18)19(24)23(20)14-6-3-2-4-7-14/h2-4,6-7,10H,5,8-9,11H2,1H3. The van der Waals surface area contributed by atoms with Crippen LogP contribution in [0.1, 0.15) is 28.3 Å². The van der Waals surface area contributed by atoms with Gasteiger partial charge in [0.1, 0.15) is 10.6 Å². The second kappa shape index (κ2) is 6.65. The molecule has 4 aromatic rings. The SMILES string of the molecule is Cc1cc(CSc2nc3sc4c(c3c(=O)n2-c2ccccc2)CCC4)no1. The van der Waals surface area contributed by atoms with Gasteiger partial charge in [-0.15, -0.1) is 11.3 Å². The number of thioether (sulfide) groups is 1. The first-order chi connectivity index (χ1) is 13.2. The predicted octanol–water partition coefficient (Wildman–Crippen LogP) is 4.52. The third-order valence-electron chi connectivity index (χ3n) is 4.75. The summed E-state index contributed by atoms with van der Waals surface area (Å²) in [6.07, 6.45) is 3.16. The lowest BCUT2D eigenvalue weighted by Gasteiger charge is -2.12. The average Bonchev–Trinajstić information content (AvgIpc) is 3.36. The van der Waals surface area contributed by atoms with Crippen molar-refractivity contribution in [3.8, 4) is 5.69 Å². The van der Waals surface area contributed by atoms with Crippen LogP contribution in [0, 0.1) is 6.92 Å². The number of aryl methyl sites for hydroxylation is 3. The first kappa shape index (κ1) is 16.8. The van der Waals surface area contributed by atoms with E-state index in [1.54, 1.807) is 15.9 Å². The van der Waals surface area contributed by atoms with Crippen LogP contribution >= 0.6 is 23.1 Å². The largest absolute Gasteiger partial charge is 0.361 e. The number of rotatable bonds is 4. The summed E-state index contributed by atoms with van der Waals surface area (Å²) in [5, 5.41) is 5.55. The smallest absolute Gasteiger partial charge is 0.267 e. The van der Waals surface area contributed by atoms with Crippen molar-refractivity contribution in [1.82, 2.24) is 14.7 Å². The van der Waals surface area contributed by atoms with Gasteiger partial charge in [-0.05, 0) is 43.9 Å². The van der Waals surface area contributed by atoms with Crippen LogP contribution in [-0.4, -0.2) is 14.7 Å². The fourth-order valence-electron chi connectivity index (χ4n) is 3.55. The lowest BCUT2D eigenvalue weighted by atomic mass is 10.2. The normalized spacial score (nSPS) is 13.4. The monoisotopic (exact) mass is 395 g/mol. The van der Waals surface area contributed by atoms with E-state index in [0.717, 1.165) is 46.6 Å². The van der Waals surface area contributed by atoms with E-state index in [4.69, 9.17) is 9.51 Å². The van der Waals surface area contributed by atoms with Crippen molar-refractivity contribution >= 4 is 33.3 Å². The van der Waals surface area contributed by atoms with E-state index < -0.39 is 0 Å². The van der Waals surface area contributed by atoms with Crippen LogP contribution in [-0.2, 0) is 18.6 Å². The van der Waals surface area contributed by atoms with Gasteiger partial charge < -0.3 is 4.52 Å². The van der Waals surface area contributed by atoms with Crippen molar-refractivity contribution in [2.45, 2.75) is 37.1 Å². The van der Waals surface area contributed by atoms with Gasteiger partial charge in [0.25, 0.3) is 5.56 Å². The van der Waals surface area contributed by atoms with Gasteiger partial charge >= 0.3 is 0 Å². The zero-order chi connectivity index (χ0) is 18.4. The minimum Gasteiger partial charge on any atom is -0.361 e. The van der Waals surface area contributed by atoms with Gasteiger partial charge in [0, 0.05) is 16.7 Å². The van der Waals surface area contributed by atoms with Crippen LogP contribution in [0.2, 0.25) is 0 Å². The molecule has 1 aromatic carbocycles. The number of hydrogen-bond acceptors (Lipinski definition) is 6. The molecule has 7 heteroatoms. The second-order valence-electron chi connectivity index (χ2n) is 6.63. The molecular weight excluding hydrogens is 378 g/mol. The highest BCUT2D eigenvalue weighted by molar-refractivity contribution is 7.98. The van der Waals surface area contributed by atoms with E-state index in [9.17, 15) is 4.79 Å². The summed E-state index contributed by atoms with van der Waals surface area (Å²) in [7, 11) is 0. The molecule has 5 nitrogen and oxygen atoms in total. The fourth-order valence-corrected chi connectivity index (χ4v) is 5.75. The Morgan fingerprint density at radius 2 is 2.11 bits per heavy atom. The molecule has 0 spiro atoms.